The molecule has 2 saturated heterocycles. The molecule has 0 radical (unpaired) electrons. The van der Waals surface area contributed by atoms with Crippen LogP contribution in [0.2, 0.25) is 0 Å². The van der Waals surface area contributed by atoms with Crippen molar-refractivity contribution in [2.75, 3.05) is 26.2 Å². The van der Waals surface area contributed by atoms with Crippen LogP contribution < -0.4 is 11.1 Å². The van der Waals surface area contributed by atoms with Gasteiger partial charge in [0, 0.05) is 32.2 Å². The van der Waals surface area contributed by atoms with Crippen molar-refractivity contribution in [3.63, 3.8) is 0 Å². The Morgan fingerprint density at radius 2 is 2.33 bits per heavy atom. The van der Waals surface area contributed by atoms with Crippen molar-refractivity contribution in [3.05, 3.63) is 0 Å². The summed E-state index contributed by atoms with van der Waals surface area (Å²) in [4.78, 5) is 13.8. The van der Waals surface area contributed by atoms with E-state index in [-0.39, 0.29) is 24.2 Å². The number of hydrogen-bond acceptors (Lipinski definition) is 4. The molecule has 0 aromatic carbocycles. The number of carbonyl (C=O) groups is 1. The van der Waals surface area contributed by atoms with Crippen LogP contribution in [0.1, 0.15) is 13.3 Å². The van der Waals surface area contributed by atoms with Gasteiger partial charge in [0.2, 0.25) is 0 Å². The SMILES string of the molecule is C[C@@H]1CNC[C@H](C(=O)N2CC[C@H](N)C2)O1. The second kappa shape index (κ2) is 4.47. The number of morpholine rings is 1. The van der Waals surface area contributed by atoms with Crippen LogP contribution in [0.5, 0.6) is 0 Å². The Hall–Kier alpha value is -0.650. The molecule has 2 heterocycles. The molecule has 0 aliphatic carbocycles. The minimum Gasteiger partial charge on any atom is -0.363 e. The van der Waals surface area contributed by atoms with Crippen molar-refractivity contribution >= 4 is 5.91 Å². The van der Waals surface area contributed by atoms with Gasteiger partial charge < -0.3 is 20.7 Å². The number of hydrogen-bond donors (Lipinski definition) is 2. The summed E-state index contributed by atoms with van der Waals surface area (Å²) in [6, 6.07) is 0.142. The Morgan fingerprint density at radius 3 is 2.93 bits per heavy atom. The topological polar surface area (TPSA) is 67.6 Å². The summed E-state index contributed by atoms with van der Waals surface area (Å²) >= 11 is 0. The van der Waals surface area contributed by atoms with E-state index in [4.69, 9.17) is 10.5 Å². The van der Waals surface area contributed by atoms with Crippen molar-refractivity contribution in [2.24, 2.45) is 5.73 Å². The highest BCUT2D eigenvalue weighted by atomic mass is 16.5. The van der Waals surface area contributed by atoms with E-state index in [0.29, 0.717) is 13.1 Å². The Morgan fingerprint density at radius 1 is 1.53 bits per heavy atom. The maximum atomic E-state index is 12.0. The Kier molecular flexibility index (Phi) is 3.23. The third-order valence-corrected chi connectivity index (χ3v) is 2.97. The van der Waals surface area contributed by atoms with Gasteiger partial charge in [-0.2, -0.15) is 0 Å². The van der Waals surface area contributed by atoms with Gasteiger partial charge >= 0.3 is 0 Å². The molecule has 2 rings (SSSR count). The van der Waals surface area contributed by atoms with E-state index >= 15 is 0 Å². The van der Waals surface area contributed by atoms with Crippen LogP contribution in [0, 0.1) is 0 Å². The van der Waals surface area contributed by atoms with Crippen molar-refractivity contribution in [2.45, 2.75) is 31.6 Å². The summed E-state index contributed by atoms with van der Waals surface area (Å²) in [6.07, 6.45) is 0.699. The molecule has 2 fully saturated rings. The lowest BCUT2D eigenvalue weighted by atomic mass is 10.2. The van der Waals surface area contributed by atoms with E-state index in [2.05, 4.69) is 5.32 Å². The van der Waals surface area contributed by atoms with Gasteiger partial charge in [-0.3, -0.25) is 4.79 Å². The lowest BCUT2D eigenvalue weighted by Crippen LogP contribution is -2.51. The number of carbonyl (C=O) groups excluding carboxylic acids is 1. The molecule has 0 bridgehead atoms. The number of nitrogens with zero attached hydrogens (tertiary/aromatic N) is 1. The molecule has 5 nitrogen and oxygen atoms in total. The fourth-order valence-electron chi connectivity index (χ4n) is 2.13. The highest BCUT2D eigenvalue weighted by Gasteiger charge is 2.32. The maximum Gasteiger partial charge on any atom is 0.253 e. The second-order valence-electron chi connectivity index (χ2n) is 4.43. The van der Waals surface area contributed by atoms with E-state index in [9.17, 15) is 4.79 Å². The molecule has 1 amide bonds. The molecule has 86 valence electrons. The second-order valence-corrected chi connectivity index (χ2v) is 4.43. The fourth-order valence-corrected chi connectivity index (χ4v) is 2.13. The van der Waals surface area contributed by atoms with Gasteiger partial charge in [-0.05, 0) is 13.3 Å². The molecule has 2 aliphatic heterocycles. The Labute approximate surface area is 89.9 Å². The summed E-state index contributed by atoms with van der Waals surface area (Å²) in [6.45, 7) is 4.86. The molecule has 0 saturated carbocycles. The highest BCUT2D eigenvalue weighted by Crippen LogP contribution is 2.12. The number of amides is 1. The van der Waals surface area contributed by atoms with E-state index in [1.807, 2.05) is 11.8 Å². The molecule has 0 spiro atoms. The van der Waals surface area contributed by atoms with Crippen molar-refractivity contribution in [1.29, 1.82) is 0 Å². The van der Waals surface area contributed by atoms with Gasteiger partial charge in [-0.15, -0.1) is 0 Å². The van der Waals surface area contributed by atoms with Gasteiger partial charge in [0.1, 0.15) is 6.10 Å². The molecular formula is C10H19N3O2. The lowest BCUT2D eigenvalue weighted by Gasteiger charge is -2.30. The minimum absolute atomic E-state index is 0.0852. The van der Waals surface area contributed by atoms with Crippen molar-refractivity contribution in [1.82, 2.24) is 10.2 Å². The first-order valence-corrected chi connectivity index (χ1v) is 5.57. The van der Waals surface area contributed by atoms with Crippen LogP contribution in [-0.2, 0) is 9.53 Å². The van der Waals surface area contributed by atoms with Gasteiger partial charge in [-0.1, -0.05) is 0 Å². The number of ether oxygens (including phenoxy) is 1. The number of nitrogens with one attached hydrogen (secondary N) is 1. The number of likely N-dealkylation sites (tertiary alicyclic amines) is 1. The van der Waals surface area contributed by atoms with E-state index in [1.165, 1.54) is 0 Å². The molecule has 0 aromatic heterocycles. The highest BCUT2D eigenvalue weighted by molar-refractivity contribution is 5.81. The number of nitrogens with two attached hydrogens (primary N) is 1. The monoisotopic (exact) mass is 213 g/mol. The first kappa shape index (κ1) is 10.9. The molecule has 5 heteroatoms. The molecule has 0 unspecified atom stereocenters. The third kappa shape index (κ3) is 2.48. The van der Waals surface area contributed by atoms with Gasteiger partial charge in [0.15, 0.2) is 0 Å². The minimum atomic E-state index is -0.320. The number of rotatable bonds is 1. The Bertz CT molecular complexity index is 247. The van der Waals surface area contributed by atoms with Crippen LogP contribution in [0.4, 0.5) is 0 Å². The first-order chi connectivity index (χ1) is 7.16. The fraction of sp³-hybridized carbons (Fsp3) is 0.900. The molecule has 15 heavy (non-hydrogen) atoms. The Balaban J connectivity index is 1.89. The van der Waals surface area contributed by atoms with Crippen LogP contribution in [0.15, 0.2) is 0 Å². The first-order valence-electron chi connectivity index (χ1n) is 5.57. The predicted octanol–water partition coefficient (Wildman–Crippen LogP) is -1.08. The average Bonchev–Trinajstić information content (AvgIpc) is 2.64. The molecule has 3 N–H and O–H groups in total. The van der Waals surface area contributed by atoms with Crippen molar-refractivity contribution in [3.8, 4) is 0 Å². The summed E-state index contributed by atoms with van der Waals surface area (Å²) < 4.78 is 5.60. The van der Waals surface area contributed by atoms with Crippen LogP contribution >= 0.6 is 0 Å². The third-order valence-electron chi connectivity index (χ3n) is 2.97. The standard InChI is InChI=1S/C10H19N3O2/c1-7-4-12-5-9(15-7)10(14)13-3-2-8(11)6-13/h7-9,12H,2-6,11H2,1H3/t7-,8+,9-/m1/s1. The van der Waals surface area contributed by atoms with Crippen LogP contribution in [0.25, 0.3) is 0 Å². The smallest absolute Gasteiger partial charge is 0.253 e. The zero-order chi connectivity index (χ0) is 10.8. The summed E-state index contributed by atoms with van der Waals surface area (Å²) in [7, 11) is 0. The normalized spacial score (nSPS) is 36.9. The average molecular weight is 213 g/mol. The molecule has 3 atom stereocenters. The van der Waals surface area contributed by atoms with Gasteiger partial charge in [0.25, 0.3) is 5.91 Å². The zero-order valence-electron chi connectivity index (χ0n) is 9.11. The van der Waals surface area contributed by atoms with Crippen LogP contribution in [0.3, 0.4) is 0 Å². The lowest BCUT2D eigenvalue weighted by molar-refractivity contribution is -0.148. The molecular weight excluding hydrogens is 194 g/mol. The largest absolute Gasteiger partial charge is 0.363 e. The van der Waals surface area contributed by atoms with E-state index < -0.39 is 0 Å². The summed E-state index contributed by atoms with van der Waals surface area (Å²) in [5.41, 5.74) is 5.77. The van der Waals surface area contributed by atoms with Gasteiger partial charge in [0.05, 0.1) is 6.10 Å². The quantitative estimate of drug-likeness (QED) is 0.581. The van der Waals surface area contributed by atoms with Gasteiger partial charge in [-0.25, -0.2) is 0 Å². The zero-order valence-corrected chi connectivity index (χ0v) is 9.11. The molecule has 0 aromatic rings. The van der Waals surface area contributed by atoms with E-state index in [0.717, 1.165) is 19.5 Å². The van der Waals surface area contributed by atoms with E-state index in [1.54, 1.807) is 0 Å². The predicted molar refractivity (Wildman–Crippen MR) is 56.4 cm³/mol. The summed E-state index contributed by atoms with van der Waals surface area (Å²) in [5, 5.41) is 3.20. The van der Waals surface area contributed by atoms with Crippen molar-refractivity contribution < 1.29 is 9.53 Å². The molecule has 2 aliphatic rings. The summed E-state index contributed by atoms with van der Waals surface area (Å²) in [5.74, 6) is 0.0852. The maximum absolute atomic E-state index is 12.0. The van der Waals surface area contributed by atoms with Crippen LogP contribution in [-0.4, -0.2) is 55.2 Å².